The molecule has 1 fully saturated rings. The molecule has 0 bridgehead atoms. The van der Waals surface area contributed by atoms with E-state index in [1.165, 1.54) is 0 Å². The first-order valence-electron chi connectivity index (χ1n) is 7.84. The highest BCUT2D eigenvalue weighted by atomic mass is 35.5. The predicted molar refractivity (Wildman–Crippen MR) is 95.0 cm³/mol. The minimum Gasteiger partial charge on any atom is -0.496 e. The predicted octanol–water partition coefficient (Wildman–Crippen LogP) is 2.44. The van der Waals surface area contributed by atoms with Crippen molar-refractivity contribution in [2.45, 2.75) is 31.6 Å². The largest absolute Gasteiger partial charge is 0.496 e. The summed E-state index contributed by atoms with van der Waals surface area (Å²) in [6.45, 7) is 7.09. The monoisotopic (exact) mass is 362 g/mol. The van der Waals surface area contributed by atoms with Gasteiger partial charge in [0.2, 0.25) is 10.0 Å². The molecule has 0 aromatic heterocycles. The fourth-order valence-electron chi connectivity index (χ4n) is 2.86. The Kier molecular flexibility index (Phi) is 7.80. The van der Waals surface area contributed by atoms with Crippen LogP contribution in [0.15, 0.2) is 23.1 Å². The summed E-state index contributed by atoms with van der Waals surface area (Å²) in [5.41, 5.74) is 0.839. The van der Waals surface area contributed by atoms with Crippen LogP contribution in [-0.2, 0) is 10.0 Å². The van der Waals surface area contributed by atoms with E-state index < -0.39 is 10.0 Å². The SMILES string of the molecule is CCNCC1CCN(S(=O)(=O)c2ccc(OC)c(C)c2)CC1.Cl. The van der Waals surface area contributed by atoms with Gasteiger partial charge in [0.15, 0.2) is 0 Å². The summed E-state index contributed by atoms with van der Waals surface area (Å²) >= 11 is 0. The van der Waals surface area contributed by atoms with Crippen molar-refractivity contribution in [3.05, 3.63) is 23.8 Å². The van der Waals surface area contributed by atoms with Gasteiger partial charge < -0.3 is 10.1 Å². The first kappa shape index (κ1) is 20.2. The molecule has 132 valence electrons. The van der Waals surface area contributed by atoms with Crippen molar-refractivity contribution in [2.24, 2.45) is 5.92 Å². The minimum absolute atomic E-state index is 0. The molecule has 1 aliphatic rings. The summed E-state index contributed by atoms with van der Waals surface area (Å²) in [6.07, 6.45) is 1.84. The maximum atomic E-state index is 12.7. The van der Waals surface area contributed by atoms with Gasteiger partial charge in [0.1, 0.15) is 5.75 Å². The lowest BCUT2D eigenvalue weighted by atomic mass is 9.98. The number of benzene rings is 1. The molecule has 0 amide bonds. The summed E-state index contributed by atoms with van der Waals surface area (Å²) < 4.78 is 32.3. The Morgan fingerprint density at radius 2 is 1.96 bits per heavy atom. The van der Waals surface area contributed by atoms with Crippen LogP contribution < -0.4 is 10.1 Å². The van der Waals surface area contributed by atoms with E-state index in [1.807, 2.05) is 6.92 Å². The molecule has 7 heteroatoms. The second-order valence-corrected chi connectivity index (χ2v) is 7.72. The third kappa shape index (κ3) is 4.83. The molecule has 0 saturated carbocycles. The molecule has 23 heavy (non-hydrogen) atoms. The van der Waals surface area contributed by atoms with Crippen LogP contribution >= 0.6 is 12.4 Å². The molecule has 5 nitrogen and oxygen atoms in total. The van der Waals surface area contributed by atoms with Crippen LogP contribution in [0.4, 0.5) is 0 Å². The fraction of sp³-hybridized carbons (Fsp3) is 0.625. The average molecular weight is 363 g/mol. The van der Waals surface area contributed by atoms with E-state index in [9.17, 15) is 8.42 Å². The van der Waals surface area contributed by atoms with Gasteiger partial charge in [0.25, 0.3) is 0 Å². The van der Waals surface area contributed by atoms with E-state index in [-0.39, 0.29) is 12.4 Å². The quantitative estimate of drug-likeness (QED) is 0.844. The molecule has 1 aromatic carbocycles. The number of methoxy groups -OCH3 is 1. The molecule has 0 spiro atoms. The second kappa shape index (κ2) is 8.87. The number of hydrogen-bond donors (Lipinski definition) is 1. The van der Waals surface area contributed by atoms with E-state index in [4.69, 9.17) is 4.74 Å². The van der Waals surface area contributed by atoms with Gasteiger partial charge in [0.05, 0.1) is 12.0 Å². The average Bonchev–Trinajstić information content (AvgIpc) is 2.53. The zero-order chi connectivity index (χ0) is 16.2. The topological polar surface area (TPSA) is 58.6 Å². The van der Waals surface area contributed by atoms with Crippen LogP contribution in [0.2, 0.25) is 0 Å². The summed E-state index contributed by atoms with van der Waals surface area (Å²) in [4.78, 5) is 0.357. The second-order valence-electron chi connectivity index (χ2n) is 5.79. The van der Waals surface area contributed by atoms with E-state index in [0.717, 1.165) is 31.5 Å². The first-order valence-corrected chi connectivity index (χ1v) is 9.28. The van der Waals surface area contributed by atoms with Gasteiger partial charge in [-0.2, -0.15) is 4.31 Å². The molecule has 1 aliphatic heterocycles. The van der Waals surface area contributed by atoms with Crippen LogP contribution in [0.25, 0.3) is 0 Å². The van der Waals surface area contributed by atoms with E-state index in [0.29, 0.717) is 29.7 Å². The summed E-state index contributed by atoms with van der Waals surface area (Å²) in [7, 11) is -1.81. The Morgan fingerprint density at radius 1 is 1.30 bits per heavy atom. The Morgan fingerprint density at radius 3 is 2.48 bits per heavy atom. The molecule has 1 aromatic rings. The Bertz CT molecular complexity index is 599. The Balaban J connectivity index is 0.00000264. The fourth-order valence-corrected chi connectivity index (χ4v) is 4.42. The van der Waals surface area contributed by atoms with Crippen molar-refractivity contribution in [1.82, 2.24) is 9.62 Å². The van der Waals surface area contributed by atoms with Crippen LogP contribution in [0, 0.1) is 12.8 Å². The zero-order valence-electron chi connectivity index (χ0n) is 14.0. The third-order valence-corrected chi connectivity index (χ3v) is 6.16. The van der Waals surface area contributed by atoms with Crippen molar-refractivity contribution in [1.29, 1.82) is 0 Å². The lowest BCUT2D eigenvalue weighted by Gasteiger charge is -2.31. The van der Waals surface area contributed by atoms with Crippen LogP contribution in [0.3, 0.4) is 0 Å². The van der Waals surface area contributed by atoms with Crippen molar-refractivity contribution in [3.8, 4) is 5.75 Å². The molecule has 0 radical (unpaired) electrons. The van der Waals surface area contributed by atoms with Gasteiger partial charge in [-0.25, -0.2) is 8.42 Å². The Labute approximate surface area is 145 Å². The highest BCUT2D eigenvalue weighted by molar-refractivity contribution is 7.89. The van der Waals surface area contributed by atoms with Crippen molar-refractivity contribution >= 4 is 22.4 Å². The maximum Gasteiger partial charge on any atom is 0.243 e. The molecule has 1 heterocycles. The molecule has 1 N–H and O–H groups in total. The van der Waals surface area contributed by atoms with Crippen LogP contribution in [0.5, 0.6) is 5.75 Å². The van der Waals surface area contributed by atoms with Crippen LogP contribution in [0.1, 0.15) is 25.3 Å². The van der Waals surface area contributed by atoms with Gasteiger partial charge in [-0.1, -0.05) is 6.92 Å². The van der Waals surface area contributed by atoms with Gasteiger partial charge in [0, 0.05) is 13.1 Å². The molecular weight excluding hydrogens is 336 g/mol. The van der Waals surface area contributed by atoms with Crippen molar-refractivity contribution < 1.29 is 13.2 Å². The zero-order valence-corrected chi connectivity index (χ0v) is 15.7. The number of halogens is 1. The van der Waals surface area contributed by atoms with E-state index in [2.05, 4.69) is 12.2 Å². The highest BCUT2D eigenvalue weighted by Gasteiger charge is 2.29. The number of piperidine rings is 1. The van der Waals surface area contributed by atoms with Gasteiger partial charge in [-0.05, 0) is 62.5 Å². The van der Waals surface area contributed by atoms with Crippen LogP contribution in [-0.4, -0.2) is 46.0 Å². The Hall–Kier alpha value is -0.820. The maximum absolute atomic E-state index is 12.7. The van der Waals surface area contributed by atoms with Crippen molar-refractivity contribution in [3.63, 3.8) is 0 Å². The number of sulfonamides is 1. The lowest BCUT2D eigenvalue weighted by molar-refractivity contribution is 0.268. The summed E-state index contributed by atoms with van der Waals surface area (Å²) in [5, 5.41) is 3.34. The third-order valence-electron chi connectivity index (χ3n) is 4.26. The number of nitrogens with zero attached hydrogens (tertiary/aromatic N) is 1. The van der Waals surface area contributed by atoms with Gasteiger partial charge in [-0.15, -0.1) is 12.4 Å². The summed E-state index contributed by atoms with van der Waals surface area (Å²) in [5.74, 6) is 1.28. The molecule has 2 rings (SSSR count). The normalized spacial score (nSPS) is 16.8. The smallest absolute Gasteiger partial charge is 0.243 e. The standard InChI is InChI=1S/C16H26N2O3S.ClH/c1-4-17-12-14-7-9-18(10-8-14)22(19,20)15-5-6-16(21-3)13(2)11-15;/h5-6,11,14,17H,4,7-10,12H2,1-3H3;1H. The van der Waals surface area contributed by atoms with Gasteiger partial charge >= 0.3 is 0 Å². The molecule has 0 unspecified atom stereocenters. The first-order chi connectivity index (χ1) is 10.5. The van der Waals surface area contributed by atoms with Crippen molar-refractivity contribution in [2.75, 3.05) is 33.3 Å². The number of nitrogens with one attached hydrogen (secondary N) is 1. The molecule has 0 aliphatic carbocycles. The molecular formula is C16H27ClN2O3S. The number of ether oxygens (including phenoxy) is 1. The van der Waals surface area contributed by atoms with E-state index in [1.54, 1.807) is 29.6 Å². The number of hydrogen-bond acceptors (Lipinski definition) is 4. The highest BCUT2D eigenvalue weighted by Crippen LogP contribution is 2.26. The summed E-state index contributed by atoms with van der Waals surface area (Å²) in [6, 6.07) is 5.05. The van der Waals surface area contributed by atoms with E-state index >= 15 is 0 Å². The lowest BCUT2D eigenvalue weighted by Crippen LogP contribution is -2.40. The molecule has 0 atom stereocenters. The number of aryl methyl sites for hydroxylation is 1. The minimum atomic E-state index is -3.40. The molecule has 1 saturated heterocycles. The van der Waals surface area contributed by atoms with Gasteiger partial charge in [-0.3, -0.25) is 0 Å². The number of rotatable bonds is 6.